The summed E-state index contributed by atoms with van der Waals surface area (Å²) in [6.07, 6.45) is -4.81. The van der Waals surface area contributed by atoms with Crippen LogP contribution in [0.1, 0.15) is 5.56 Å². The molecular formula is C23H19Cl2F3N2O3S2. The summed E-state index contributed by atoms with van der Waals surface area (Å²) in [5, 5.41) is 2.62. The van der Waals surface area contributed by atoms with Crippen molar-refractivity contribution in [2.24, 2.45) is 0 Å². The molecule has 0 atom stereocenters. The lowest BCUT2D eigenvalue weighted by Gasteiger charge is -2.25. The second-order valence-electron chi connectivity index (χ2n) is 7.14. The van der Waals surface area contributed by atoms with Crippen molar-refractivity contribution in [1.29, 1.82) is 0 Å². The number of halogens is 5. The van der Waals surface area contributed by atoms with E-state index in [0.717, 1.165) is 17.0 Å². The summed E-state index contributed by atoms with van der Waals surface area (Å²) in [6.45, 7) is -0.512. The number of hydrogen-bond acceptors (Lipinski definition) is 4. The van der Waals surface area contributed by atoms with Gasteiger partial charge in [-0.25, -0.2) is 8.42 Å². The molecule has 35 heavy (non-hydrogen) atoms. The topological polar surface area (TPSA) is 66.5 Å². The van der Waals surface area contributed by atoms with Gasteiger partial charge >= 0.3 is 6.18 Å². The first kappa shape index (κ1) is 27.2. The molecule has 0 aliphatic rings. The third-order valence-electron chi connectivity index (χ3n) is 4.67. The van der Waals surface area contributed by atoms with Gasteiger partial charge in [-0.3, -0.25) is 9.10 Å². The number of rotatable bonds is 9. The second kappa shape index (κ2) is 11.6. The van der Waals surface area contributed by atoms with Crippen LogP contribution in [0, 0.1) is 0 Å². The summed E-state index contributed by atoms with van der Waals surface area (Å²) in [7, 11) is -4.36. The summed E-state index contributed by atoms with van der Waals surface area (Å²) < 4.78 is 67.4. The number of nitrogens with zero attached hydrogens (tertiary/aromatic N) is 1. The largest absolute Gasteiger partial charge is 0.417 e. The Morgan fingerprint density at radius 3 is 2.26 bits per heavy atom. The van der Waals surface area contributed by atoms with E-state index in [0.29, 0.717) is 21.1 Å². The van der Waals surface area contributed by atoms with Crippen molar-refractivity contribution in [3.63, 3.8) is 0 Å². The number of anilines is 1. The fourth-order valence-corrected chi connectivity index (χ4v) is 5.55. The maximum Gasteiger partial charge on any atom is 0.417 e. The van der Waals surface area contributed by atoms with Gasteiger partial charge in [-0.2, -0.15) is 13.2 Å². The maximum absolute atomic E-state index is 13.4. The van der Waals surface area contributed by atoms with Crippen molar-refractivity contribution in [1.82, 2.24) is 5.32 Å². The number of sulfonamides is 1. The standard InChI is InChI=1S/C23H19Cl2F3N2O3S2/c24-16-6-9-18(10-7-16)34-13-12-29-22(31)15-30(35(32,33)19-4-2-1-3-5-19)17-8-11-21(25)20(14-17)23(26,27)28/h1-11,14H,12-13,15H2,(H,29,31). The lowest BCUT2D eigenvalue weighted by Crippen LogP contribution is -2.41. The van der Waals surface area contributed by atoms with Crippen LogP contribution in [0.15, 0.2) is 82.6 Å². The zero-order chi connectivity index (χ0) is 25.6. The van der Waals surface area contributed by atoms with Crippen molar-refractivity contribution in [3.05, 3.63) is 88.4 Å². The first-order valence-corrected chi connectivity index (χ1v) is 13.3. The molecule has 0 heterocycles. The Balaban J connectivity index is 1.80. The Morgan fingerprint density at radius 1 is 0.971 bits per heavy atom. The van der Waals surface area contributed by atoms with Crippen molar-refractivity contribution >= 4 is 56.6 Å². The molecule has 5 nitrogen and oxygen atoms in total. The zero-order valence-electron chi connectivity index (χ0n) is 17.9. The molecule has 0 unspecified atom stereocenters. The highest BCUT2D eigenvalue weighted by molar-refractivity contribution is 7.99. The third kappa shape index (κ3) is 7.30. The normalized spacial score (nSPS) is 11.8. The number of nitrogens with one attached hydrogen (secondary N) is 1. The molecule has 0 radical (unpaired) electrons. The second-order valence-corrected chi connectivity index (χ2v) is 11.0. The molecule has 0 fully saturated rings. The Bertz CT molecular complexity index is 1270. The van der Waals surface area contributed by atoms with Crippen LogP contribution in [0.25, 0.3) is 0 Å². The lowest BCUT2D eigenvalue weighted by molar-refractivity contribution is -0.137. The summed E-state index contributed by atoms with van der Waals surface area (Å²) in [5.74, 6) is -0.192. The molecule has 0 bridgehead atoms. The molecule has 0 saturated carbocycles. The molecule has 0 aliphatic heterocycles. The quantitative estimate of drug-likeness (QED) is 0.252. The molecule has 1 N–H and O–H groups in total. The predicted octanol–water partition coefficient (Wildman–Crippen LogP) is 6.12. The zero-order valence-corrected chi connectivity index (χ0v) is 21.1. The van der Waals surface area contributed by atoms with Crippen LogP contribution in [0.4, 0.5) is 18.9 Å². The van der Waals surface area contributed by atoms with E-state index in [2.05, 4.69) is 5.32 Å². The minimum Gasteiger partial charge on any atom is -0.354 e. The van der Waals surface area contributed by atoms with E-state index >= 15 is 0 Å². The van der Waals surface area contributed by atoms with Gasteiger partial charge in [0.25, 0.3) is 10.0 Å². The molecule has 0 saturated heterocycles. The van der Waals surface area contributed by atoms with Gasteiger partial charge in [0.15, 0.2) is 0 Å². The van der Waals surface area contributed by atoms with Crippen LogP contribution in [-0.4, -0.2) is 33.2 Å². The molecular weight excluding hydrogens is 544 g/mol. The molecule has 3 aromatic carbocycles. The van der Waals surface area contributed by atoms with Crippen molar-refractivity contribution in [2.45, 2.75) is 16.0 Å². The van der Waals surface area contributed by atoms with Gasteiger partial charge in [-0.1, -0.05) is 41.4 Å². The Hall–Kier alpha value is -2.40. The molecule has 0 spiro atoms. The molecule has 3 rings (SSSR count). The minimum atomic E-state index is -4.81. The van der Waals surface area contributed by atoms with Gasteiger partial charge < -0.3 is 5.32 Å². The Morgan fingerprint density at radius 2 is 1.63 bits per heavy atom. The van der Waals surface area contributed by atoms with Crippen LogP contribution < -0.4 is 9.62 Å². The van der Waals surface area contributed by atoms with Crippen LogP contribution >= 0.6 is 35.0 Å². The van der Waals surface area contributed by atoms with E-state index in [-0.39, 0.29) is 17.1 Å². The number of amides is 1. The summed E-state index contributed by atoms with van der Waals surface area (Å²) in [5.41, 5.74) is -1.54. The fourth-order valence-electron chi connectivity index (χ4n) is 3.00. The van der Waals surface area contributed by atoms with Gasteiger partial charge in [0.2, 0.25) is 5.91 Å². The van der Waals surface area contributed by atoms with E-state index in [1.54, 1.807) is 18.2 Å². The molecule has 3 aromatic rings. The molecule has 12 heteroatoms. The Labute approximate surface area is 215 Å². The van der Waals surface area contributed by atoms with Crippen LogP contribution in [0.2, 0.25) is 10.0 Å². The van der Waals surface area contributed by atoms with E-state index in [1.807, 2.05) is 12.1 Å². The van der Waals surface area contributed by atoms with E-state index < -0.39 is 39.2 Å². The average Bonchev–Trinajstić information content (AvgIpc) is 2.81. The predicted molar refractivity (Wildman–Crippen MR) is 133 cm³/mol. The number of alkyl halides is 3. The monoisotopic (exact) mass is 562 g/mol. The van der Waals surface area contributed by atoms with Crippen LogP contribution in [0.3, 0.4) is 0 Å². The number of hydrogen-bond donors (Lipinski definition) is 1. The van der Waals surface area contributed by atoms with Gasteiger partial charge in [-0.05, 0) is 54.6 Å². The number of thioether (sulfide) groups is 1. The minimum absolute atomic E-state index is 0.172. The molecule has 0 aliphatic carbocycles. The first-order valence-electron chi connectivity index (χ1n) is 10.1. The number of carbonyl (C=O) groups is 1. The average molecular weight is 563 g/mol. The number of benzene rings is 3. The third-order valence-corrected chi connectivity index (χ3v) is 8.05. The Kier molecular flexibility index (Phi) is 8.98. The van der Waals surface area contributed by atoms with Crippen molar-refractivity contribution < 1.29 is 26.4 Å². The summed E-state index contributed by atoms with van der Waals surface area (Å²) in [6, 6.07) is 16.9. The summed E-state index contributed by atoms with van der Waals surface area (Å²) >= 11 is 13.0. The molecule has 186 valence electrons. The van der Waals surface area contributed by atoms with Gasteiger partial charge in [0.1, 0.15) is 6.54 Å². The van der Waals surface area contributed by atoms with Crippen molar-refractivity contribution in [3.8, 4) is 0 Å². The van der Waals surface area contributed by atoms with E-state index in [4.69, 9.17) is 23.2 Å². The summed E-state index contributed by atoms with van der Waals surface area (Å²) in [4.78, 5) is 13.4. The van der Waals surface area contributed by atoms with Crippen molar-refractivity contribution in [2.75, 3.05) is 23.1 Å². The smallest absolute Gasteiger partial charge is 0.354 e. The highest BCUT2D eigenvalue weighted by Crippen LogP contribution is 2.38. The lowest BCUT2D eigenvalue weighted by atomic mass is 10.2. The van der Waals surface area contributed by atoms with Gasteiger partial charge in [0, 0.05) is 22.2 Å². The van der Waals surface area contributed by atoms with Crippen LogP contribution in [-0.2, 0) is 21.0 Å². The van der Waals surface area contributed by atoms with Gasteiger partial charge in [0.05, 0.1) is 21.2 Å². The first-order chi connectivity index (χ1) is 16.5. The number of carbonyl (C=O) groups excluding carboxylic acids is 1. The molecule has 1 amide bonds. The maximum atomic E-state index is 13.4. The molecule has 0 aromatic heterocycles. The highest BCUT2D eigenvalue weighted by Gasteiger charge is 2.35. The van der Waals surface area contributed by atoms with Crippen LogP contribution in [0.5, 0.6) is 0 Å². The van der Waals surface area contributed by atoms with E-state index in [1.165, 1.54) is 36.0 Å². The van der Waals surface area contributed by atoms with Gasteiger partial charge in [-0.15, -0.1) is 11.8 Å². The van der Waals surface area contributed by atoms with E-state index in [9.17, 15) is 26.4 Å². The fraction of sp³-hybridized carbons (Fsp3) is 0.174. The highest BCUT2D eigenvalue weighted by atomic mass is 35.5. The SMILES string of the molecule is O=C(CN(c1ccc(Cl)c(C(F)(F)F)c1)S(=O)(=O)c1ccccc1)NCCSc1ccc(Cl)cc1.